The van der Waals surface area contributed by atoms with Crippen LogP contribution in [0.1, 0.15) is 24.1 Å². The molecule has 1 heterocycles. The highest BCUT2D eigenvalue weighted by Gasteiger charge is 2.23. The second kappa shape index (κ2) is 4.04. The van der Waals surface area contributed by atoms with E-state index in [1.165, 1.54) is 23.7 Å². The molecule has 0 amide bonds. The van der Waals surface area contributed by atoms with Gasteiger partial charge in [0.1, 0.15) is 0 Å². The molecule has 1 aliphatic rings. The maximum Gasteiger partial charge on any atom is 0.0833 e. The van der Waals surface area contributed by atoms with E-state index in [2.05, 4.69) is 35.4 Å². The lowest BCUT2D eigenvalue weighted by Crippen LogP contribution is -2.04. The van der Waals surface area contributed by atoms with Crippen LogP contribution in [-0.2, 0) is 13.2 Å². The molecule has 1 aliphatic carbocycles. The minimum atomic E-state index is 0.116. The standard InChI is InChI=1S/C15H17NO/c1-2-11-5-6-13-8-14(10-17)16(15(13)7-11)9-12-3-4-12/h2,5-8,12,17H,1,3-4,9-10H2. The monoisotopic (exact) mass is 227 g/mol. The zero-order chi connectivity index (χ0) is 11.8. The smallest absolute Gasteiger partial charge is 0.0833 e. The number of nitrogens with zero attached hydrogens (tertiary/aromatic N) is 1. The van der Waals surface area contributed by atoms with Gasteiger partial charge in [-0.1, -0.05) is 24.8 Å². The number of rotatable bonds is 4. The van der Waals surface area contributed by atoms with Crippen LogP contribution >= 0.6 is 0 Å². The number of aliphatic hydroxyl groups is 1. The molecule has 3 rings (SSSR count). The van der Waals surface area contributed by atoms with Gasteiger partial charge in [-0.25, -0.2) is 0 Å². The van der Waals surface area contributed by atoms with Crippen molar-refractivity contribution < 1.29 is 5.11 Å². The van der Waals surface area contributed by atoms with Crippen LogP contribution in [0.25, 0.3) is 17.0 Å². The molecule has 1 fully saturated rings. The number of fused-ring (bicyclic) bond motifs is 1. The predicted molar refractivity (Wildman–Crippen MR) is 70.7 cm³/mol. The summed E-state index contributed by atoms with van der Waals surface area (Å²) in [6.45, 7) is 4.97. The van der Waals surface area contributed by atoms with E-state index >= 15 is 0 Å². The van der Waals surface area contributed by atoms with Gasteiger partial charge >= 0.3 is 0 Å². The second-order valence-electron chi connectivity index (χ2n) is 4.87. The van der Waals surface area contributed by atoms with Gasteiger partial charge in [-0.2, -0.15) is 0 Å². The number of hydrogen-bond donors (Lipinski definition) is 1. The summed E-state index contributed by atoms with van der Waals surface area (Å²) < 4.78 is 2.26. The third-order valence-corrected chi connectivity index (χ3v) is 3.55. The zero-order valence-corrected chi connectivity index (χ0v) is 9.89. The molecule has 0 saturated heterocycles. The lowest BCUT2D eigenvalue weighted by atomic mass is 10.1. The van der Waals surface area contributed by atoms with E-state index in [4.69, 9.17) is 0 Å². The molecule has 1 aromatic heterocycles. The van der Waals surface area contributed by atoms with Gasteiger partial charge in [0.2, 0.25) is 0 Å². The Balaban J connectivity index is 2.15. The molecule has 0 unspecified atom stereocenters. The summed E-state index contributed by atoms with van der Waals surface area (Å²) in [6.07, 6.45) is 4.52. The Morgan fingerprint density at radius 3 is 2.82 bits per heavy atom. The molecule has 1 aromatic carbocycles. The van der Waals surface area contributed by atoms with Crippen LogP contribution in [0, 0.1) is 5.92 Å². The lowest BCUT2D eigenvalue weighted by molar-refractivity contribution is 0.270. The van der Waals surface area contributed by atoms with E-state index in [-0.39, 0.29) is 6.61 Å². The third kappa shape index (κ3) is 1.89. The average molecular weight is 227 g/mol. The van der Waals surface area contributed by atoms with E-state index in [1.807, 2.05) is 6.08 Å². The van der Waals surface area contributed by atoms with Crippen molar-refractivity contribution in [2.24, 2.45) is 5.92 Å². The van der Waals surface area contributed by atoms with Gasteiger partial charge in [0.15, 0.2) is 0 Å². The molecule has 1 saturated carbocycles. The molecule has 2 heteroatoms. The average Bonchev–Trinajstić information content (AvgIpc) is 3.11. The van der Waals surface area contributed by atoms with Gasteiger partial charge in [-0.3, -0.25) is 0 Å². The first kappa shape index (κ1) is 10.6. The summed E-state index contributed by atoms with van der Waals surface area (Å²) in [5.41, 5.74) is 3.38. The third-order valence-electron chi connectivity index (χ3n) is 3.55. The van der Waals surface area contributed by atoms with E-state index in [1.54, 1.807) is 0 Å². The molecule has 0 aliphatic heterocycles. The van der Waals surface area contributed by atoms with E-state index < -0.39 is 0 Å². The number of aromatic nitrogens is 1. The minimum Gasteiger partial charge on any atom is -0.390 e. The van der Waals surface area contributed by atoms with E-state index in [0.717, 1.165) is 23.7 Å². The molecular weight excluding hydrogens is 210 g/mol. The highest BCUT2D eigenvalue weighted by molar-refractivity contribution is 5.83. The summed E-state index contributed by atoms with van der Waals surface area (Å²) in [7, 11) is 0. The lowest BCUT2D eigenvalue weighted by Gasteiger charge is -2.08. The first-order valence-electron chi connectivity index (χ1n) is 6.17. The van der Waals surface area contributed by atoms with Crippen molar-refractivity contribution in [1.82, 2.24) is 4.57 Å². The Morgan fingerprint density at radius 1 is 1.35 bits per heavy atom. The fraction of sp³-hybridized carbons (Fsp3) is 0.333. The first-order valence-corrected chi connectivity index (χ1v) is 6.17. The van der Waals surface area contributed by atoms with Crippen LogP contribution in [0.4, 0.5) is 0 Å². The van der Waals surface area contributed by atoms with Crippen LogP contribution in [0.2, 0.25) is 0 Å². The SMILES string of the molecule is C=Cc1ccc2cc(CO)n(CC3CC3)c2c1. The van der Waals surface area contributed by atoms with Crippen LogP contribution in [0.3, 0.4) is 0 Å². The highest BCUT2D eigenvalue weighted by atomic mass is 16.3. The van der Waals surface area contributed by atoms with Crippen molar-refractivity contribution in [3.05, 3.63) is 42.1 Å². The normalized spacial score (nSPS) is 15.4. The van der Waals surface area contributed by atoms with Gasteiger partial charge in [0.25, 0.3) is 0 Å². The molecule has 0 bridgehead atoms. The summed E-state index contributed by atoms with van der Waals surface area (Å²) >= 11 is 0. The highest BCUT2D eigenvalue weighted by Crippen LogP contribution is 2.33. The Hall–Kier alpha value is -1.54. The second-order valence-corrected chi connectivity index (χ2v) is 4.87. The Morgan fingerprint density at radius 2 is 2.18 bits per heavy atom. The zero-order valence-electron chi connectivity index (χ0n) is 9.89. The van der Waals surface area contributed by atoms with Crippen LogP contribution < -0.4 is 0 Å². The molecule has 2 aromatic rings. The fourth-order valence-electron chi connectivity index (χ4n) is 2.36. The van der Waals surface area contributed by atoms with Crippen LogP contribution in [0.5, 0.6) is 0 Å². The molecule has 0 spiro atoms. The largest absolute Gasteiger partial charge is 0.390 e. The summed E-state index contributed by atoms with van der Waals surface area (Å²) in [6, 6.07) is 8.42. The van der Waals surface area contributed by atoms with Gasteiger partial charge < -0.3 is 9.67 Å². The Labute approximate surface area is 101 Å². The molecule has 2 nitrogen and oxygen atoms in total. The Bertz CT molecular complexity index is 564. The van der Waals surface area contributed by atoms with Crippen LogP contribution in [-0.4, -0.2) is 9.67 Å². The van der Waals surface area contributed by atoms with E-state index in [0.29, 0.717) is 0 Å². The van der Waals surface area contributed by atoms with Crippen molar-refractivity contribution >= 4 is 17.0 Å². The predicted octanol–water partition coefficient (Wildman–Crippen LogP) is 3.19. The molecule has 1 N–H and O–H groups in total. The number of hydrogen-bond acceptors (Lipinski definition) is 1. The number of aliphatic hydroxyl groups excluding tert-OH is 1. The minimum absolute atomic E-state index is 0.116. The molecule has 17 heavy (non-hydrogen) atoms. The first-order chi connectivity index (χ1) is 8.31. The van der Waals surface area contributed by atoms with Crippen LogP contribution in [0.15, 0.2) is 30.8 Å². The van der Waals surface area contributed by atoms with Crippen molar-refractivity contribution in [2.75, 3.05) is 0 Å². The molecule has 0 radical (unpaired) electrons. The van der Waals surface area contributed by atoms with E-state index in [9.17, 15) is 5.11 Å². The fourth-order valence-corrected chi connectivity index (χ4v) is 2.36. The van der Waals surface area contributed by atoms with Crippen molar-refractivity contribution in [1.29, 1.82) is 0 Å². The maximum atomic E-state index is 9.44. The van der Waals surface area contributed by atoms with Gasteiger partial charge in [0, 0.05) is 17.8 Å². The molecular formula is C15H17NO. The quantitative estimate of drug-likeness (QED) is 0.852. The Kier molecular flexibility index (Phi) is 2.52. The van der Waals surface area contributed by atoms with Gasteiger partial charge in [-0.05, 0) is 41.8 Å². The summed E-state index contributed by atoms with van der Waals surface area (Å²) in [4.78, 5) is 0. The van der Waals surface area contributed by atoms with Crippen molar-refractivity contribution in [3.63, 3.8) is 0 Å². The molecule has 0 atom stereocenters. The maximum absolute atomic E-state index is 9.44. The summed E-state index contributed by atoms with van der Waals surface area (Å²) in [5, 5.41) is 10.6. The van der Waals surface area contributed by atoms with Gasteiger partial charge in [0.05, 0.1) is 6.61 Å². The summed E-state index contributed by atoms with van der Waals surface area (Å²) in [5.74, 6) is 0.809. The molecule has 88 valence electrons. The van der Waals surface area contributed by atoms with Crippen molar-refractivity contribution in [2.45, 2.75) is 26.0 Å². The topological polar surface area (TPSA) is 25.2 Å². The number of benzene rings is 1. The van der Waals surface area contributed by atoms with Crippen molar-refractivity contribution in [3.8, 4) is 0 Å². The van der Waals surface area contributed by atoms with Gasteiger partial charge in [-0.15, -0.1) is 0 Å².